The highest BCUT2D eigenvalue weighted by Crippen LogP contribution is 2.27. The Morgan fingerprint density at radius 1 is 0.926 bits per heavy atom. The summed E-state index contributed by atoms with van der Waals surface area (Å²) < 4.78 is 10.3. The van der Waals surface area contributed by atoms with Crippen molar-refractivity contribution in [2.24, 2.45) is 0 Å². The number of carbonyl (C=O) groups excluding carboxylic acids is 2. The number of methoxy groups -OCH3 is 2. The molecule has 6 nitrogen and oxygen atoms in total. The lowest BCUT2D eigenvalue weighted by Gasteiger charge is -2.10. The van der Waals surface area contributed by atoms with Gasteiger partial charge in [0.25, 0.3) is 5.91 Å². The Kier molecular flexibility index (Phi) is 7.67. The summed E-state index contributed by atoms with van der Waals surface area (Å²) in [4.78, 5) is 24.1. The predicted octanol–water partition coefficient (Wildman–Crippen LogP) is 2.49. The van der Waals surface area contributed by atoms with Gasteiger partial charge in [-0.2, -0.15) is 0 Å². The fourth-order valence-corrected chi connectivity index (χ4v) is 2.67. The van der Waals surface area contributed by atoms with Crippen LogP contribution in [-0.4, -0.2) is 39.1 Å². The highest BCUT2D eigenvalue weighted by molar-refractivity contribution is 5.94. The molecule has 0 aromatic heterocycles. The normalized spacial score (nSPS) is 10.2. The minimum absolute atomic E-state index is 0.0307. The molecule has 27 heavy (non-hydrogen) atoms. The molecule has 0 aliphatic rings. The molecular weight excluding hydrogens is 344 g/mol. The second kappa shape index (κ2) is 10.2. The Labute approximate surface area is 159 Å². The molecule has 2 aromatic rings. The fraction of sp³-hybridized carbons (Fsp3) is 0.333. The maximum absolute atomic E-state index is 12.2. The molecule has 0 saturated carbocycles. The minimum Gasteiger partial charge on any atom is -0.493 e. The van der Waals surface area contributed by atoms with E-state index in [0.29, 0.717) is 43.0 Å². The van der Waals surface area contributed by atoms with E-state index in [1.807, 2.05) is 25.1 Å². The first kappa shape index (κ1) is 20.3. The molecule has 2 rings (SSSR count). The van der Waals surface area contributed by atoms with Crippen molar-refractivity contribution in [1.82, 2.24) is 10.6 Å². The highest BCUT2D eigenvalue weighted by atomic mass is 16.5. The number of hydrogen-bond acceptors (Lipinski definition) is 4. The van der Waals surface area contributed by atoms with Crippen LogP contribution in [0.1, 0.15) is 27.9 Å². The van der Waals surface area contributed by atoms with E-state index in [2.05, 4.69) is 16.7 Å². The Morgan fingerprint density at radius 2 is 1.67 bits per heavy atom. The zero-order valence-corrected chi connectivity index (χ0v) is 16.0. The number of nitrogens with one attached hydrogen (secondary N) is 2. The standard InChI is InChI=1S/C21H26N2O4/c1-15-5-4-6-16(13-15)7-10-20(24)22-11-12-23-21(25)17-8-9-18(26-2)19(14-17)27-3/h4-6,8-9,13-14H,7,10-12H2,1-3H3,(H,22,24)(H,23,25). The summed E-state index contributed by atoms with van der Waals surface area (Å²) in [6.45, 7) is 2.76. The van der Waals surface area contributed by atoms with Gasteiger partial charge in [0.2, 0.25) is 5.91 Å². The largest absolute Gasteiger partial charge is 0.493 e. The van der Waals surface area contributed by atoms with Crippen LogP contribution in [0.5, 0.6) is 11.5 Å². The number of amides is 2. The van der Waals surface area contributed by atoms with E-state index in [-0.39, 0.29) is 11.8 Å². The van der Waals surface area contributed by atoms with Crippen LogP contribution in [0, 0.1) is 6.92 Å². The average Bonchev–Trinajstić information content (AvgIpc) is 2.69. The Hall–Kier alpha value is -3.02. The van der Waals surface area contributed by atoms with Crippen molar-refractivity contribution in [3.05, 3.63) is 59.2 Å². The second-order valence-corrected chi connectivity index (χ2v) is 6.16. The van der Waals surface area contributed by atoms with Crippen molar-refractivity contribution in [2.45, 2.75) is 19.8 Å². The fourth-order valence-electron chi connectivity index (χ4n) is 2.67. The van der Waals surface area contributed by atoms with Gasteiger partial charge >= 0.3 is 0 Å². The van der Waals surface area contributed by atoms with E-state index in [0.717, 1.165) is 5.56 Å². The van der Waals surface area contributed by atoms with Crippen LogP contribution >= 0.6 is 0 Å². The molecule has 2 aromatic carbocycles. The number of benzene rings is 2. The van der Waals surface area contributed by atoms with E-state index in [4.69, 9.17) is 9.47 Å². The van der Waals surface area contributed by atoms with Crippen molar-refractivity contribution in [3.63, 3.8) is 0 Å². The molecule has 0 fully saturated rings. The highest BCUT2D eigenvalue weighted by Gasteiger charge is 2.10. The summed E-state index contributed by atoms with van der Waals surface area (Å²) in [5, 5.41) is 5.59. The van der Waals surface area contributed by atoms with E-state index >= 15 is 0 Å². The van der Waals surface area contributed by atoms with E-state index < -0.39 is 0 Å². The van der Waals surface area contributed by atoms with Gasteiger partial charge in [0.1, 0.15) is 0 Å². The molecule has 0 heterocycles. The number of ether oxygens (including phenoxy) is 2. The molecule has 0 aliphatic heterocycles. The van der Waals surface area contributed by atoms with Crippen LogP contribution < -0.4 is 20.1 Å². The van der Waals surface area contributed by atoms with Gasteiger partial charge in [-0.05, 0) is 37.1 Å². The minimum atomic E-state index is -0.232. The Morgan fingerprint density at radius 3 is 2.37 bits per heavy atom. The maximum Gasteiger partial charge on any atom is 0.251 e. The third-order valence-corrected chi connectivity index (χ3v) is 4.10. The lowest BCUT2D eigenvalue weighted by molar-refractivity contribution is -0.121. The zero-order valence-electron chi connectivity index (χ0n) is 16.0. The van der Waals surface area contributed by atoms with Crippen LogP contribution in [0.3, 0.4) is 0 Å². The topological polar surface area (TPSA) is 76.7 Å². The molecule has 0 atom stereocenters. The van der Waals surface area contributed by atoms with Gasteiger partial charge < -0.3 is 20.1 Å². The number of carbonyl (C=O) groups is 2. The molecular formula is C21H26N2O4. The van der Waals surface area contributed by atoms with Gasteiger partial charge in [0, 0.05) is 25.1 Å². The first-order valence-electron chi connectivity index (χ1n) is 8.86. The van der Waals surface area contributed by atoms with Crippen LogP contribution in [0.15, 0.2) is 42.5 Å². The molecule has 0 saturated heterocycles. The lowest BCUT2D eigenvalue weighted by atomic mass is 10.1. The Bertz CT molecular complexity index is 790. The van der Waals surface area contributed by atoms with Gasteiger partial charge in [-0.25, -0.2) is 0 Å². The second-order valence-electron chi connectivity index (χ2n) is 6.16. The summed E-state index contributed by atoms with van der Waals surface area (Å²) in [6.07, 6.45) is 1.12. The lowest BCUT2D eigenvalue weighted by Crippen LogP contribution is -2.34. The van der Waals surface area contributed by atoms with E-state index in [1.165, 1.54) is 12.7 Å². The molecule has 0 bridgehead atoms. The molecule has 0 unspecified atom stereocenters. The van der Waals surface area contributed by atoms with Gasteiger partial charge in [-0.15, -0.1) is 0 Å². The quantitative estimate of drug-likeness (QED) is 0.665. The molecule has 0 aliphatic carbocycles. The number of rotatable bonds is 9. The summed E-state index contributed by atoms with van der Waals surface area (Å²) >= 11 is 0. The number of aryl methyl sites for hydroxylation is 2. The van der Waals surface area contributed by atoms with Gasteiger partial charge in [-0.3, -0.25) is 9.59 Å². The maximum atomic E-state index is 12.2. The van der Waals surface area contributed by atoms with Crippen molar-refractivity contribution < 1.29 is 19.1 Å². The van der Waals surface area contributed by atoms with Crippen molar-refractivity contribution in [2.75, 3.05) is 27.3 Å². The van der Waals surface area contributed by atoms with Gasteiger partial charge in [0.15, 0.2) is 11.5 Å². The van der Waals surface area contributed by atoms with Crippen LogP contribution in [0.2, 0.25) is 0 Å². The first-order chi connectivity index (χ1) is 13.0. The zero-order chi connectivity index (χ0) is 19.6. The summed E-state index contributed by atoms with van der Waals surface area (Å²) in [7, 11) is 3.06. The smallest absolute Gasteiger partial charge is 0.251 e. The van der Waals surface area contributed by atoms with Crippen molar-refractivity contribution >= 4 is 11.8 Å². The van der Waals surface area contributed by atoms with E-state index in [1.54, 1.807) is 25.3 Å². The van der Waals surface area contributed by atoms with Gasteiger partial charge in [0.05, 0.1) is 14.2 Å². The molecule has 0 radical (unpaired) electrons. The Balaban J connectivity index is 1.71. The predicted molar refractivity (Wildman–Crippen MR) is 104 cm³/mol. The van der Waals surface area contributed by atoms with E-state index in [9.17, 15) is 9.59 Å². The van der Waals surface area contributed by atoms with Crippen molar-refractivity contribution in [3.8, 4) is 11.5 Å². The summed E-state index contributed by atoms with van der Waals surface area (Å²) in [5.74, 6) is 0.798. The molecule has 0 spiro atoms. The number of hydrogen-bond donors (Lipinski definition) is 2. The third kappa shape index (κ3) is 6.33. The van der Waals surface area contributed by atoms with Crippen LogP contribution in [0.4, 0.5) is 0 Å². The molecule has 144 valence electrons. The SMILES string of the molecule is COc1ccc(C(=O)NCCNC(=O)CCc2cccc(C)c2)cc1OC. The van der Waals surface area contributed by atoms with Crippen LogP contribution in [-0.2, 0) is 11.2 Å². The third-order valence-electron chi connectivity index (χ3n) is 4.10. The molecule has 2 N–H and O–H groups in total. The van der Waals surface area contributed by atoms with Gasteiger partial charge in [-0.1, -0.05) is 29.8 Å². The van der Waals surface area contributed by atoms with Crippen LogP contribution in [0.25, 0.3) is 0 Å². The first-order valence-corrected chi connectivity index (χ1v) is 8.86. The summed E-state index contributed by atoms with van der Waals surface area (Å²) in [5.41, 5.74) is 2.80. The van der Waals surface area contributed by atoms with Crippen molar-refractivity contribution in [1.29, 1.82) is 0 Å². The summed E-state index contributed by atoms with van der Waals surface area (Å²) in [6, 6.07) is 13.1. The molecule has 2 amide bonds. The average molecular weight is 370 g/mol. The monoisotopic (exact) mass is 370 g/mol. The molecule has 6 heteroatoms.